The van der Waals surface area contributed by atoms with Crippen LogP contribution in [0.4, 0.5) is 19.1 Å². The lowest BCUT2D eigenvalue weighted by Gasteiger charge is -2.36. The van der Waals surface area contributed by atoms with Gasteiger partial charge in [0, 0.05) is 25.2 Å². The van der Waals surface area contributed by atoms with E-state index in [1.165, 1.54) is 0 Å². The maximum Gasteiger partial charge on any atom is 0.433 e. The van der Waals surface area contributed by atoms with E-state index in [0.717, 1.165) is 23.6 Å². The van der Waals surface area contributed by atoms with E-state index in [9.17, 15) is 18.0 Å². The molecule has 0 amide bonds. The summed E-state index contributed by atoms with van der Waals surface area (Å²) in [4.78, 5) is 21.8. The van der Waals surface area contributed by atoms with E-state index in [2.05, 4.69) is 43.8 Å². The number of halogens is 3. The minimum absolute atomic E-state index is 0.0242. The van der Waals surface area contributed by atoms with Crippen LogP contribution < -0.4 is 9.33 Å². The van der Waals surface area contributed by atoms with E-state index >= 15 is 0 Å². The van der Waals surface area contributed by atoms with Gasteiger partial charge in [-0.3, -0.25) is 4.79 Å². The average molecular weight is 480 g/mol. The molecule has 2 saturated heterocycles. The van der Waals surface area contributed by atoms with Gasteiger partial charge in [0.05, 0.1) is 5.92 Å². The van der Waals surface area contributed by atoms with Crippen LogP contribution in [-0.2, 0) is 15.7 Å². The number of hydrogen-bond donors (Lipinski definition) is 0. The monoisotopic (exact) mass is 479 g/mol. The van der Waals surface area contributed by atoms with Crippen molar-refractivity contribution in [2.24, 2.45) is 11.8 Å². The predicted octanol–water partition coefficient (Wildman–Crippen LogP) is 5.23. The second-order valence-corrected chi connectivity index (χ2v) is 14.9. The van der Waals surface area contributed by atoms with Gasteiger partial charge in [-0.25, -0.2) is 9.97 Å². The summed E-state index contributed by atoms with van der Waals surface area (Å²) < 4.78 is 51.1. The molecular formula is C23H28F3N3O3Si. The Morgan fingerprint density at radius 2 is 1.76 bits per heavy atom. The number of carbonyl (C=O) groups excluding carboxylic acids is 1. The lowest BCUT2D eigenvalue weighted by molar-refractivity contribution is -0.144. The van der Waals surface area contributed by atoms with Crippen molar-refractivity contribution in [2.75, 3.05) is 18.0 Å². The fraction of sp³-hybridized carbons (Fsp3) is 0.522. The normalized spacial score (nSPS) is 23.5. The molecule has 1 aromatic carbocycles. The predicted molar refractivity (Wildman–Crippen MR) is 119 cm³/mol. The number of esters is 1. The number of nitrogens with zero attached hydrogens (tertiary/aromatic N) is 3. The summed E-state index contributed by atoms with van der Waals surface area (Å²) in [7, 11) is -1.98. The van der Waals surface area contributed by atoms with Crippen LogP contribution in [0.25, 0.3) is 0 Å². The van der Waals surface area contributed by atoms with Gasteiger partial charge < -0.3 is 14.1 Å². The Morgan fingerprint density at radius 3 is 2.36 bits per heavy atom. The number of cyclic esters (lactones) is 1. The first kappa shape index (κ1) is 23.5. The van der Waals surface area contributed by atoms with Crippen LogP contribution >= 0.6 is 0 Å². The Morgan fingerprint density at radius 1 is 1.09 bits per heavy atom. The molecule has 3 heterocycles. The molecule has 33 heavy (non-hydrogen) atoms. The molecule has 0 spiro atoms. The number of ether oxygens (including phenoxy) is 1. The Balaban J connectivity index is 1.51. The lowest BCUT2D eigenvalue weighted by atomic mass is 9.90. The van der Waals surface area contributed by atoms with Crippen molar-refractivity contribution < 1.29 is 27.1 Å². The zero-order chi connectivity index (χ0) is 24.2. The number of anilines is 1. The molecule has 0 aliphatic carbocycles. The van der Waals surface area contributed by atoms with E-state index in [1.807, 2.05) is 24.3 Å². The molecular weight excluding hydrogens is 451 g/mol. The largest absolute Gasteiger partial charge is 0.544 e. The van der Waals surface area contributed by atoms with E-state index in [-0.39, 0.29) is 29.4 Å². The molecule has 178 valence electrons. The standard InChI is InChI=1S/C23H28F3N3O3Si/c1-22(2,3)33(4,5)32-15-8-6-14(7-9-15)19-16-12-29(13-17(16)20(30)31-19)21-27-11-10-18(28-21)23(24,25)26/h6-11,16-17,19H,12-13H2,1-5H3/t16-,17+,19?/m1/s1. The van der Waals surface area contributed by atoms with E-state index in [0.29, 0.717) is 6.54 Å². The molecule has 2 aliphatic rings. The van der Waals surface area contributed by atoms with Crippen LogP contribution in [0, 0.1) is 11.8 Å². The van der Waals surface area contributed by atoms with Crippen molar-refractivity contribution in [3.8, 4) is 5.75 Å². The molecule has 4 rings (SSSR count). The number of rotatable bonds is 4. The Bertz CT molecular complexity index is 1040. The summed E-state index contributed by atoms with van der Waals surface area (Å²) in [6.07, 6.45) is -3.93. The first-order chi connectivity index (χ1) is 15.3. The van der Waals surface area contributed by atoms with Crippen LogP contribution in [0.1, 0.15) is 38.1 Å². The summed E-state index contributed by atoms with van der Waals surface area (Å²) in [5, 5.41) is 0.0681. The molecule has 2 aromatic rings. The third-order valence-corrected chi connectivity index (χ3v) is 11.3. The van der Waals surface area contributed by atoms with Crippen molar-refractivity contribution in [1.82, 2.24) is 9.97 Å². The summed E-state index contributed by atoms with van der Waals surface area (Å²) in [6.45, 7) is 11.4. The van der Waals surface area contributed by atoms with E-state index in [4.69, 9.17) is 9.16 Å². The Kier molecular flexibility index (Phi) is 5.70. The van der Waals surface area contributed by atoms with E-state index in [1.54, 1.807) is 4.90 Å². The van der Waals surface area contributed by atoms with Gasteiger partial charge in [-0.2, -0.15) is 13.2 Å². The zero-order valence-corrected chi connectivity index (χ0v) is 20.3. The van der Waals surface area contributed by atoms with Gasteiger partial charge in [-0.15, -0.1) is 0 Å². The number of hydrogen-bond acceptors (Lipinski definition) is 6. The molecule has 0 N–H and O–H groups in total. The topological polar surface area (TPSA) is 64.6 Å². The smallest absolute Gasteiger partial charge is 0.433 e. The highest BCUT2D eigenvalue weighted by molar-refractivity contribution is 6.74. The second-order valence-electron chi connectivity index (χ2n) is 10.2. The van der Waals surface area contributed by atoms with Crippen LogP contribution in [0.2, 0.25) is 18.1 Å². The highest BCUT2D eigenvalue weighted by atomic mass is 28.4. The van der Waals surface area contributed by atoms with Crippen molar-refractivity contribution in [3.63, 3.8) is 0 Å². The van der Waals surface area contributed by atoms with Crippen molar-refractivity contribution >= 4 is 20.2 Å². The van der Waals surface area contributed by atoms with Crippen LogP contribution in [-0.4, -0.2) is 37.3 Å². The zero-order valence-electron chi connectivity index (χ0n) is 19.3. The number of carbonyl (C=O) groups is 1. The summed E-state index contributed by atoms with van der Waals surface area (Å²) >= 11 is 0. The summed E-state index contributed by atoms with van der Waals surface area (Å²) in [5.74, 6) is -0.222. The van der Waals surface area contributed by atoms with Crippen LogP contribution in [0.15, 0.2) is 36.5 Å². The van der Waals surface area contributed by atoms with Crippen molar-refractivity contribution in [2.45, 2.75) is 51.2 Å². The first-order valence-electron chi connectivity index (χ1n) is 10.9. The van der Waals surface area contributed by atoms with Gasteiger partial charge >= 0.3 is 12.1 Å². The number of fused-ring (bicyclic) bond motifs is 1. The molecule has 1 unspecified atom stereocenters. The number of alkyl halides is 3. The maximum atomic E-state index is 13.0. The van der Waals surface area contributed by atoms with Gasteiger partial charge in [0.25, 0.3) is 0 Å². The molecule has 0 bridgehead atoms. The van der Waals surface area contributed by atoms with Crippen LogP contribution in [0.5, 0.6) is 5.75 Å². The molecule has 3 atom stereocenters. The van der Waals surface area contributed by atoms with Gasteiger partial charge in [-0.05, 0) is 41.9 Å². The quantitative estimate of drug-likeness (QED) is 0.442. The fourth-order valence-electron chi connectivity index (χ4n) is 4.00. The van der Waals surface area contributed by atoms with Crippen LogP contribution in [0.3, 0.4) is 0 Å². The summed E-state index contributed by atoms with van der Waals surface area (Å²) in [5.41, 5.74) is -0.161. The SMILES string of the molecule is CC(C)(C)[Si](C)(C)Oc1ccc(C2OC(=O)[C@H]3CN(c4nccc(C(F)(F)F)n4)C[C@@H]23)cc1. The minimum atomic E-state index is -4.55. The van der Waals surface area contributed by atoms with Crippen molar-refractivity contribution in [1.29, 1.82) is 0 Å². The molecule has 10 heteroatoms. The minimum Gasteiger partial charge on any atom is -0.544 e. The number of benzene rings is 1. The second kappa shape index (κ2) is 8.00. The molecule has 2 fully saturated rings. The molecule has 6 nitrogen and oxygen atoms in total. The Hall–Kier alpha value is -2.62. The van der Waals surface area contributed by atoms with Gasteiger partial charge in [0.15, 0.2) is 0 Å². The molecule has 0 radical (unpaired) electrons. The maximum absolute atomic E-state index is 13.0. The van der Waals surface area contributed by atoms with Gasteiger partial charge in [-0.1, -0.05) is 32.9 Å². The molecule has 1 aromatic heterocycles. The summed E-state index contributed by atoms with van der Waals surface area (Å²) in [6, 6.07) is 8.41. The first-order valence-corrected chi connectivity index (χ1v) is 13.8. The third-order valence-electron chi connectivity index (χ3n) is 6.90. The fourth-order valence-corrected chi connectivity index (χ4v) is 5.03. The molecule has 0 saturated carbocycles. The Labute approximate surface area is 192 Å². The highest BCUT2D eigenvalue weighted by Crippen LogP contribution is 2.45. The van der Waals surface area contributed by atoms with Gasteiger partial charge in [0.1, 0.15) is 17.5 Å². The molecule has 2 aliphatic heterocycles. The van der Waals surface area contributed by atoms with E-state index < -0.39 is 32.2 Å². The lowest BCUT2D eigenvalue weighted by Crippen LogP contribution is -2.43. The third kappa shape index (κ3) is 4.57. The van der Waals surface area contributed by atoms with Gasteiger partial charge in [0.2, 0.25) is 14.3 Å². The number of aromatic nitrogens is 2. The highest BCUT2D eigenvalue weighted by Gasteiger charge is 2.51. The van der Waals surface area contributed by atoms with Crippen molar-refractivity contribution in [3.05, 3.63) is 47.8 Å². The average Bonchev–Trinajstić information content (AvgIpc) is 3.28.